The van der Waals surface area contributed by atoms with Crippen molar-refractivity contribution < 1.29 is 13.2 Å². The molecule has 0 saturated carbocycles. The SMILES string of the molecule is Cc1ccc(NS(=O)(=O)c2cccc(C(=O)Nc3nc4c(s3)CN(C)CC4)c2)cc1. The first-order valence-electron chi connectivity index (χ1n) is 9.48. The van der Waals surface area contributed by atoms with Gasteiger partial charge in [0.05, 0.1) is 10.6 Å². The van der Waals surface area contributed by atoms with Crippen LogP contribution in [-0.4, -0.2) is 37.8 Å². The molecule has 2 aromatic carbocycles. The Hall–Kier alpha value is -2.75. The minimum Gasteiger partial charge on any atom is -0.301 e. The predicted octanol–water partition coefficient (Wildman–Crippen LogP) is 3.49. The lowest BCUT2D eigenvalue weighted by Gasteiger charge is -2.20. The van der Waals surface area contributed by atoms with Crippen LogP contribution in [0.1, 0.15) is 26.5 Å². The number of rotatable bonds is 5. The van der Waals surface area contributed by atoms with Gasteiger partial charge in [-0.1, -0.05) is 23.8 Å². The normalized spacial score (nSPS) is 14.2. The van der Waals surface area contributed by atoms with Crippen LogP contribution < -0.4 is 10.0 Å². The van der Waals surface area contributed by atoms with Gasteiger partial charge in [-0.2, -0.15) is 0 Å². The zero-order valence-corrected chi connectivity index (χ0v) is 18.3. The number of hydrogen-bond donors (Lipinski definition) is 2. The maximum atomic E-state index is 12.7. The maximum absolute atomic E-state index is 12.7. The van der Waals surface area contributed by atoms with E-state index in [2.05, 4.69) is 27.0 Å². The highest BCUT2D eigenvalue weighted by molar-refractivity contribution is 7.92. The molecule has 3 aromatic rings. The molecule has 0 unspecified atom stereocenters. The minimum absolute atomic E-state index is 0.0239. The molecular formula is C21H22N4O3S2. The standard InChI is InChI=1S/C21H22N4O3S2/c1-14-6-8-16(9-7-14)24-30(27,28)17-5-3-4-15(12-17)20(26)23-21-22-18-10-11-25(2)13-19(18)29-21/h3-9,12,24H,10-11,13H2,1-2H3,(H,22,23,26). The number of hydrogen-bond acceptors (Lipinski definition) is 6. The quantitative estimate of drug-likeness (QED) is 0.631. The zero-order chi connectivity index (χ0) is 21.3. The smallest absolute Gasteiger partial charge is 0.261 e. The summed E-state index contributed by atoms with van der Waals surface area (Å²) in [4.78, 5) is 20.6. The molecular weight excluding hydrogens is 420 g/mol. The molecule has 2 heterocycles. The van der Waals surface area contributed by atoms with Crippen LogP contribution in [0.4, 0.5) is 10.8 Å². The van der Waals surface area contributed by atoms with Crippen LogP contribution in [0.3, 0.4) is 0 Å². The van der Waals surface area contributed by atoms with E-state index in [9.17, 15) is 13.2 Å². The van der Waals surface area contributed by atoms with E-state index < -0.39 is 10.0 Å². The molecule has 1 aliphatic rings. The summed E-state index contributed by atoms with van der Waals surface area (Å²) in [7, 11) is -1.76. The van der Waals surface area contributed by atoms with Gasteiger partial charge in [-0.05, 0) is 44.3 Å². The van der Waals surface area contributed by atoms with Crippen molar-refractivity contribution in [2.45, 2.75) is 24.8 Å². The van der Waals surface area contributed by atoms with Crippen LogP contribution in [-0.2, 0) is 23.0 Å². The number of carbonyl (C=O) groups is 1. The summed E-state index contributed by atoms with van der Waals surface area (Å²) in [6.45, 7) is 3.69. The molecule has 0 spiro atoms. The number of anilines is 2. The van der Waals surface area contributed by atoms with Gasteiger partial charge in [-0.3, -0.25) is 14.8 Å². The number of thiazole rings is 1. The molecule has 0 bridgehead atoms. The maximum Gasteiger partial charge on any atom is 0.261 e. The third-order valence-corrected chi connectivity index (χ3v) is 7.23. The number of carbonyl (C=O) groups excluding carboxylic acids is 1. The van der Waals surface area contributed by atoms with E-state index in [0.29, 0.717) is 10.8 Å². The van der Waals surface area contributed by atoms with Crippen molar-refractivity contribution in [2.24, 2.45) is 0 Å². The van der Waals surface area contributed by atoms with Gasteiger partial charge >= 0.3 is 0 Å². The van der Waals surface area contributed by atoms with Crippen LogP contribution in [0.5, 0.6) is 0 Å². The molecule has 0 fully saturated rings. The summed E-state index contributed by atoms with van der Waals surface area (Å²) in [6, 6.07) is 13.0. The number of nitrogens with one attached hydrogen (secondary N) is 2. The summed E-state index contributed by atoms with van der Waals surface area (Å²) in [5, 5.41) is 3.33. The average Bonchev–Trinajstić information content (AvgIpc) is 3.11. The highest BCUT2D eigenvalue weighted by Crippen LogP contribution is 2.28. The Morgan fingerprint density at radius 3 is 2.70 bits per heavy atom. The molecule has 30 heavy (non-hydrogen) atoms. The third kappa shape index (κ3) is 4.53. The number of aryl methyl sites for hydroxylation is 1. The Morgan fingerprint density at radius 2 is 1.93 bits per heavy atom. The Kier molecular flexibility index (Phi) is 5.59. The summed E-state index contributed by atoms with van der Waals surface area (Å²) >= 11 is 1.46. The fraction of sp³-hybridized carbons (Fsp3) is 0.238. The van der Waals surface area contributed by atoms with Gasteiger partial charge in [0.15, 0.2) is 5.13 Å². The highest BCUT2D eigenvalue weighted by Gasteiger charge is 2.20. The summed E-state index contributed by atoms with van der Waals surface area (Å²) in [5.41, 5.74) is 2.78. The number of amides is 1. The lowest BCUT2D eigenvalue weighted by molar-refractivity contribution is 0.102. The van der Waals surface area contributed by atoms with Gasteiger partial charge in [0.25, 0.3) is 15.9 Å². The Balaban J connectivity index is 1.51. The van der Waals surface area contributed by atoms with E-state index in [4.69, 9.17) is 0 Å². The largest absolute Gasteiger partial charge is 0.301 e. The second kappa shape index (κ2) is 8.17. The molecule has 9 heteroatoms. The highest BCUT2D eigenvalue weighted by atomic mass is 32.2. The monoisotopic (exact) mass is 442 g/mol. The molecule has 7 nitrogen and oxygen atoms in total. The van der Waals surface area contributed by atoms with Crippen LogP contribution in [0, 0.1) is 6.92 Å². The fourth-order valence-corrected chi connectivity index (χ4v) is 5.37. The predicted molar refractivity (Wildman–Crippen MR) is 119 cm³/mol. The van der Waals surface area contributed by atoms with Gasteiger partial charge in [0.2, 0.25) is 0 Å². The lowest BCUT2D eigenvalue weighted by atomic mass is 10.2. The van der Waals surface area contributed by atoms with Gasteiger partial charge in [-0.15, -0.1) is 11.3 Å². The molecule has 0 saturated heterocycles. The third-order valence-electron chi connectivity index (χ3n) is 4.85. The lowest BCUT2D eigenvalue weighted by Crippen LogP contribution is -2.25. The summed E-state index contributed by atoms with van der Waals surface area (Å²) in [5.74, 6) is -0.387. The Bertz CT molecular complexity index is 1190. The van der Waals surface area contributed by atoms with Gasteiger partial charge in [0, 0.05) is 35.6 Å². The Morgan fingerprint density at radius 1 is 1.17 bits per heavy atom. The molecule has 4 rings (SSSR count). The van der Waals surface area contributed by atoms with Crippen LogP contribution in [0.2, 0.25) is 0 Å². The first kappa shape index (κ1) is 20.5. The number of sulfonamides is 1. The summed E-state index contributed by atoms with van der Waals surface area (Å²) < 4.78 is 28.0. The number of fused-ring (bicyclic) bond motifs is 1. The number of likely N-dealkylation sites (N-methyl/N-ethyl adjacent to an activating group) is 1. The number of benzene rings is 2. The molecule has 2 N–H and O–H groups in total. The van der Waals surface area contributed by atoms with Crippen molar-refractivity contribution in [3.63, 3.8) is 0 Å². The van der Waals surface area contributed by atoms with Gasteiger partial charge in [-0.25, -0.2) is 13.4 Å². The van der Waals surface area contributed by atoms with E-state index in [-0.39, 0.29) is 16.4 Å². The summed E-state index contributed by atoms with van der Waals surface area (Å²) in [6.07, 6.45) is 0.858. The number of nitrogens with zero attached hydrogens (tertiary/aromatic N) is 2. The van der Waals surface area contributed by atoms with E-state index in [1.54, 1.807) is 24.3 Å². The average molecular weight is 443 g/mol. The van der Waals surface area contributed by atoms with Crippen molar-refractivity contribution in [2.75, 3.05) is 23.6 Å². The second-order valence-electron chi connectivity index (χ2n) is 7.33. The van der Waals surface area contributed by atoms with Gasteiger partial charge in [0.1, 0.15) is 0 Å². The fourth-order valence-electron chi connectivity index (χ4n) is 3.19. The topological polar surface area (TPSA) is 91.4 Å². The van der Waals surface area contributed by atoms with E-state index in [0.717, 1.165) is 35.6 Å². The molecule has 1 amide bonds. The first-order valence-corrected chi connectivity index (χ1v) is 11.8. The molecule has 0 radical (unpaired) electrons. The second-order valence-corrected chi connectivity index (χ2v) is 10.1. The first-order chi connectivity index (χ1) is 14.3. The van der Waals surface area contributed by atoms with Crippen molar-refractivity contribution in [1.82, 2.24) is 9.88 Å². The van der Waals surface area contributed by atoms with Gasteiger partial charge < -0.3 is 4.90 Å². The van der Waals surface area contributed by atoms with Crippen molar-refractivity contribution in [3.8, 4) is 0 Å². The molecule has 1 aromatic heterocycles. The zero-order valence-electron chi connectivity index (χ0n) is 16.7. The van der Waals surface area contributed by atoms with E-state index >= 15 is 0 Å². The van der Waals surface area contributed by atoms with Crippen LogP contribution >= 0.6 is 11.3 Å². The number of aromatic nitrogens is 1. The minimum atomic E-state index is -3.81. The van der Waals surface area contributed by atoms with Crippen molar-refractivity contribution in [3.05, 3.63) is 70.2 Å². The molecule has 0 aliphatic carbocycles. The molecule has 156 valence electrons. The van der Waals surface area contributed by atoms with Crippen molar-refractivity contribution >= 4 is 38.1 Å². The van der Waals surface area contributed by atoms with Crippen molar-refractivity contribution in [1.29, 1.82) is 0 Å². The van der Waals surface area contributed by atoms with Crippen LogP contribution in [0.25, 0.3) is 0 Å². The van der Waals surface area contributed by atoms with Crippen LogP contribution in [0.15, 0.2) is 53.4 Å². The Labute approximate surface area is 179 Å². The van der Waals surface area contributed by atoms with E-state index in [1.807, 2.05) is 19.1 Å². The molecule has 0 atom stereocenters. The molecule has 1 aliphatic heterocycles. The van der Waals surface area contributed by atoms with E-state index in [1.165, 1.54) is 23.5 Å².